The van der Waals surface area contributed by atoms with E-state index < -0.39 is 0 Å². The average Bonchev–Trinajstić information content (AvgIpc) is 2.65. The summed E-state index contributed by atoms with van der Waals surface area (Å²) >= 11 is 0. The van der Waals surface area contributed by atoms with Gasteiger partial charge in [0.25, 0.3) is 0 Å². The molecule has 3 heteroatoms. The van der Waals surface area contributed by atoms with Gasteiger partial charge in [-0.2, -0.15) is 0 Å². The lowest BCUT2D eigenvalue weighted by Gasteiger charge is -2.20. The Labute approximate surface area is 90.6 Å². The summed E-state index contributed by atoms with van der Waals surface area (Å²) < 4.78 is 5.29. The lowest BCUT2D eigenvalue weighted by molar-refractivity contribution is 0.415. The van der Waals surface area contributed by atoms with Crippen molar-refractivity contribution in [3.8, 4) is 5.75 Å². The van der Waals surface area contributed by atoms with Crippen LogP contribution in [0.5, 0.6) is 5.75 Å². The first-order valence-electron chi connectivity index (χ1n) is 5.46. The van der Waals surface area contributed by atoms with Gasteiger partial charge in [0.1, 0.15) is 5.75 Å². The number of nitrogens with two attached hydrogens (primary N) is 1. The van der Waals surface area contributed by atoms with Crippen molar-refractivity contribution >= 4 is 5.69 Å². The molecule has 1 aliphatic rings. The van der Waals surface area contributed by atoms with Gasteiger partial charge in [0.15, 0.2) is 0 Å². The van der Waals surface area contributed by atoms with Crippen molar-refractivity contribution in [3.05, 3.63) is 24.3 Å². The summed E-state index contributed by atoms with van der Waals surface area (Å²) in [5, 5.41) is 3.46. The highest BCUT2D eigenvalue weighted by Gasteiger charge is 2.24. The quantitative estimate of drug-likeness (QED) is 0.795. The van der Waals surface area contributed by atoms with E-state index in [-0.39, 0.29) is 6.04 Å². The second-order valence-corrected chi connectivity index (χ2v) is 4.05. The molecule has 0 aromatic heterocycles. The smallest absolute Gasteiger partial charge is 0.141 e. The molecular formula is C12H18N2O. The van der Waals surface area contributed by atoms with Crippen LogP contribution in [0.2, 0.25) is 0 Å². The number of hydrogen-bond donors (Lipinski definition) is 2. The first kappa shape index (κ1) is 10.3. The summed E-state index contributed by atoms with van der Waals surface area (Å²) in [6.07, 6.45) is 3.49. The second-order valence-electron chi connectivity index (χ2n) is 4.05. The third kappa shape index (κ3) is 2.23. The fraction of sp³-hybridized carbons (Fsp3) is 0.500. The highest BCUT2D eigenvalue weighted by atomic mass is 16.5. The highest BCUT2D eigenvalue weighted by molar-refractivity contribution is 5.57. The van der Waals surface area contributed by atoms with Gasteiger partial charge in [0.05, 0.1) is 12.8 Å². The Morgan fingerprint density at radius 1 is 1.33 bits per heavy atom. The van der Waals surface area contributed by atoms with E-state index in [2.05, 4.69) is 5.32 Å². The molecule has 1 aromatic carbocycles. The lowest BCUT2D eigenvalue weighted by atomic mass is 10.1. The summed E-state index contributed by atoms with van der Waals surface area (Å²) in [5.41, 5.74) is 7.06. The van der Waals surface area contributed by atoms with Gasteiger partial charge in [-0.15, -0.1) is 0 Å². The monoisotopic (exact) mass is 206 g/mol. The highest BCUT2D eigenvalue weighted by Crippen LogP contribution is 2.27. The lowest BCUT2D eigenvalue weighted by Crippen LogP contribution is -2.35. The Kier molecular flexibility index (Phi) is 3.11. The van der Waals surface area contributed by atoms with E-state index in [1.54, 1.807) is 7.11 Å². The number of methoxy groups -OCH3 is 1. The fourth-order valence-corrected chi connectivity index (χ4v) is 2.13. The largest absolute Gasteiger partial charge is 0.495 e. The SMILES string of the molecule is COc1ccccc1NC1CCCC1N. The molecule has 3 nitrogen and oxygen atoms in total. The van der Waals surface area contributed by atoms with Crippen LogP contribution >= 0.6 is 0 Å². The first-order chi connectivity index (χ1) is 7.31. The van der Waals surface area contributed by atoms with Crippen LogP contribution in [0.25, 0.3) is 0 Å². The maximum Gasteiger partial charge on any atom is 0.141 e. The number of rotatable bonds is 3. The van der Waals surface area contributed by atoms with Crippen LogP contribution in [0.15, 0.2) is 24.3 Å². The van der Waals surface area contributed by atoms with E-state index in [0.717, 1.165) is 24.3 Å². The fourth-order valence-electron chi connectivity index (χ4n) is 2.13. The minimum atomic E-state index is 0.273. The summed E-state index contributed by atoms with van der Waals surface area (Å²) in [4.78, 5) is 0. The van der Waals surface area contributed by atoms with Gasteiger partial charge in [-0.05, 0) is 31.4 Å². The Morgan fingerprint density at radius 2 is 2.13 bits per heavy atom. The van der Waals surface area contributed by atoms with Crippen LogP contribution in [0.4, 0.5) is 5.69 Å². The molecule has 0 amide bonds. The Bertz CT molecular complexity index is 327. The third-order valence-corrected chi connectivity index (χ3v) is 3.02. The van der Waals surface area contributed by atoms with Crippen LogP contribution in [-0.4, -0.2) is 19.2 Å². The molecule has 0 saturated heterocycles. The molecule has 2 unspecified atom stereocenters. The van der Waals surface area contributed by atoms with E-state index >= 15 is 0 Å². The van der Waals surface area contributed by atoms with Gasteiger partial charge in [0.2, 0.25) is 0 Å². The minimum Gasteiger partial charge on any atom is -0.495 e. The molecule has 1 saturated carbocycles. The van der Waals surface area contributed by atoms with Gasteiger partial charge < -0.3 is 15.8 Å². The number of nitrogens with one attached hydrogen (secondary N) is 1. The van der Waals surface area contributed by atoms with Crippen molar-refractivity contribution in [2.75, 3.05) is 12.4 Å². The predicted octanol–water partition coefficient (Wildman–Crippen LogP) is 1.99. The van der Waals surface area contributed by atoms with Gasteiger partial charge in [-0.3, -0.25) is 0 Å². The Hall–Kier alpha value is -1.22. The summed E-state index contributed by atoms with van der Waals surface area (Å²) in [5.74, 6) is 0.886. The van der Waals surface area contributed by atoms with Crippen LogP contribution in [-0.2, 0) is 0 Å². The van der Waals surface area contributed by atoms with Crippen molar-refractivity contribution in [3.63, 3.8) is 0 Å². The third-order valence-electron chi connectivity index (χ3n) is 3.02. The molecule has 0 heterocycles. The maximum atomic E-state index is 6.02. The predicted molar refractivity (Wildman–Crippen MR) is 62.2 cm³/mol. The molecule has 3 N–H and O–H groups in total. The van der Waals surface area contributed by atoms with Crippen molar-refractivity contribution in [2.45, 2.75) is 31.3 Å². The van der Waals surface area contributed by atoms with Crippen LogP contribution < -0.4 is 15.8 Å². The Balaban J connectivity index is 2.09. The molecule has 0 bridgehead atoms. The van der Waals surface area contributed by atoms with Gasteiger partial charge in [-0.1, -0.05) is 12.1 Å². The maximum absolute atomic E-state index is 6.02. The van der Waals surface area contributed by atoms with Crippen molar-refractivity contribution < 1.29 is 4.74 Å². The van der Waals surface area contributed by atoms with Crippen LogP contribution in [0, 0.1) is 0 Å². The molecular weight excluding hydrogens is 188 g/mol. The number of ether oxygens (including phenoxy) is 1. The molecule has 82 valence electrons. The molecule has 15 heavy (non-hydrogen) atoms. The molecule has 1 fully saturated rings. The molecule has 0 radical (unpaired) electrons. The standard InChI is InChI=1S/C12H18N2O/c1-15-12-8-3-2-6-11(12)14-10-7-4-5-9(10)13/h2-3,6,8-10,14H,4-5,7,13H2,1H3. The zero-order chi connectivity index (χ0) is 10.7. The average molecular weight is 206 g/mol. The summed E-state index contributed by atoms with van der Waals surface area (Å²) in [6, 6.07) is 8.63. The van der Waals surface area contributed by atoms with Crippen LogP contribution in [0.3, 0.4) is 0 Å². The van der Waals surface area contributed by atoms with E-state index in [9.17, 15) is 0 Å². The zero-order valence-electron chi connectivity index (χ0n) is 9.07. The van der Waals surface area contributed by atoms with E-state index in [0.29, 0.717) is 6.04 Å². The van der Waals surface area contributed by atoms with E-state index in [1.165, 1.54) is 6.42 Å². The normalized spacial score (nSPS) is 25.2. The molecule has 0 spiro atoms. The van der Waals surface area contributed by atoms with E-state index in [1.807, 2.05) is 24.3 Å². The van der Waals surface area contributed by atoms with Crippen molar-refractivity contribution in [1.82, 2.24) is 0 Å². The van der Waals surface area contributed by atoms with E-state index in [4.69, 9.17) is 10.5 Å². The summed E-state index contributed by atoms with van der Waals surface area (Å²) in [6.45, 7) is 0. The number of anilines is 1. The zero-order valence-corrected chi connectivity index (χ0v) is 9.07. The number of para-hydroxylation sites is 2. The molecule has 1 aliphatic carbocycles. The number of hydrogen-bond acceptors (Lipinski definition) is 3. The van der Waals surface area contributed by atoms with Gasteiger partial charge >= 0.3 is 0 Å². The first-order valence-corrected chi connectivity index (χ1v) is 5.46. The Morgan fingerprint density at radius 3 is 2.80 bits per heavy atom. The molecule has 2 rings (SSSR count). The molecule has 2 atom stereocenters. The minimum absolute atomic E-state index is 0.273. The topological polar surface area (TPSA) is 47.3 Å². The van der Waals surface area contributed by atoms with Crippen LogP contribution in [0.1, 0.15) is 19.3 Å². The molecule has 0 aliphatic heterocycles. The summed E-state index contributed by atoms with van der Waals surface area (Å²) in [7, 11) is 1.69. The van der Waals surface area contributed by atoms with Gasteiger partial charge in [-0.25, -0.2) is 0 Å². The van der Waals surface area contributed by atoms with Crippen molar-refractivity contribution in [1.29, 1.82) is 0 Å². The molecule has 1 aromatic rings. The second kappa shape index (κ2) is 4.53. The number of benzene rings is 1. The van der Waals surface area contributed by atoms with Gasteiger partial charge in [0, 0.05) is 12.1 Å². The van der Waals surface area contributed by atoms with Crippen molar-refractivity contribution in [2.24, 2.45) is 5.73 Å².